The Morgan fingerprint density at radius 1 is 1.22 bits per heavy atom. The van der Waals surface area contributed by atoms with E-state index in [1.165, 1.54) is 35.4 Å². The lowest BCUT2D eigenvalue weighted by Gasteiger charge is -2.75. The van der Waals surface area contributed by atoms with E-state index in [4.69, 9.17) is 9.47 Å². The first-order valence-corrected chi connectivity index (χ1v) is 15.3. The van der Waals surface area contributed by atoms with Gasteiger partial charge in [-0.05, 0) is 100 Å². The van der Waals surface area contributed by atoms with E-state index >= 15 is 0 Å². The molecule has 6 heteroatoms. The minimum atomic E-state index is -0.870. The summed E-state index contributed by atoms with van der Waals surface area (Å²) in [4.78, 5) is 4.16. The van der Waals surface area contributed by atoms with E-state index in [2.05, 4.69) is 35.4 Å². The number of thiophene rings is 1. The van der Waals surface area contributed by atoms with Gasteiger partial charge in [0.15, 0.2) is 11.5 Å². The van der Waals surface area contributed by atoms with Crippen molar-refractivity contribution < 1.29 is 19.7 Å². The number of phenols is 1. The normalized spacial score (nSPS) is 40.8. The Morgan fingerprint density at radius 3 is 2.84 bits per heavy atom. The van der Waals surface area contributed by atoms with Gasteiger partial charge in [-0.15, -0.1) is 11.3 Å². The fourth-order valence-corrected chi connectivity index (χ4v) is 10.8. The number of hydrogen-bond acceptors (Lipinski definition) is 6. The number of fused-ring (bicyclic) bond motifs is 2. The van der Waals surface area contributed by atoms with Crippen molar-refractivity contribution in [3.63, 3.8) is 0 Å². The number of piperidine rings is 1. The molecule has 5 fully saturated rings. The third-order valence-electron chi connectivity index (χ3n) is 11.9. The molecule has 2 N–H and O–H groups in total. The molecule has 3 heterocycles. The maximum atomic E-state index is 12.3. The van der Waals surface area contributed by atoms with Crippen molar-refractivity contribution in [2.24, 2.45) is 17.3 Å². The van der Waals surface area contributed by atoms with Crippen LogP contribution in [-0.4, -0.2) is 58.7 Å². The molecule has 2 spiro atoms. The Hall–Kier alpha value is -1.60. The van der Waals surface area contributed by atoms with Gasteiger partial charge >= 0.3 is 0 Å². The highest BCUT2D eigenvalue weighted by molar-refractivity contribution is 7.09. The molecule has 9 rings (SSSR count). The maximum absolute atomic E-state index is 12.3. The molecule has 4 bridgehead atoms. The van der Waals surface area contributed by atoms with Crippen LogP contribution < -0.4 is 4.74 Å². The molecule has 1 aromatic carbocycles. The second kappa shape index (κ2) is 7.53. The Labute approximate surface area is 223 Å². The number of phenolic OH excluding ortho intramolecular Hbond substituents is 1. The van der Waals surface area contributed by atoms with Gasteiger partial charge in [-0.3, -0.25) is 4.90 Å². The summed E-state index contributed by atoms with van der Waals surface area (Å²) < 4.78 is 13.5. The molecule has 0 radical (unpaired) electrons. The van der Waals surface area contributed by atoms with Gasteiger partial charge in [-0.1, -0.05) is 12.1 Å². The first kappa shape index (κ1) is 23.3. The molecular formula is C31H39NO4S. The average Bonchev–Trinajstić information content (AvgIpc) is 3.40. The molecule has 1 saturated heterocycles. The largest absolute Gasteiger partial charge is 0.504 e. The zero-order chi connectivity index (χ0) is 25.2. The predicted molar refractivity (Wildman–Crippen MR) is 143 cm³/mol. The standard InChI is InChI=1S/C31H39NO4S/c1-28(34,10-9-21-4-3-15-37-21)23-17-29-11-12-31(23,35-2)27-30(29)13-14-32(18-19-5-6-19)24(29)16-20-7-8-22(33)26(36-27)25(20)30/h3-4,7-8,15,19,23-24,27,33-34H,5-6,9-14,16-18H2,1-2H3/t23?,24-,27?,28-,29-,30+,31-/m1/s1. The van der Waals surface area contributed by atoms with E-state index in [9.17, 15) is 10.2 Å². The van der Waals surface area contributed by atoms with Gasteiger partial charge in [-0.2, -0.15) is 0 Å². The zero-order valence-corrected chi connectivity index (χ0v) is 22.9. The van der Waals surface area contributed by atoms with Crippen molar-refractivity contribution in [1.82, 2.24) is 4.90 Å². The number of aliphatic hydroxyl groups is 1. The van der Waals surface area contributed by atoms with Gasteiger partial charge in [0.25, 0.3) is 0 Å². The van der Waals surface area contributed by atoms with Crippen LogP contribution in [0.4, 0.5) is 0 Å². The Balaban J connectivity index is 1.28. The molecule has 2 aliphatic heterocycles. The molecular weight excluding hydrogens is 482 g/mol. The van der Waals surface area contributed by atoms with Crippen molar-refractivity contribution in [2.75, 3.05) is 20.2 Å². The van der Waals surface area contributed by atoms with Crippen LogP contribution in [0.3, 0.4) is 0 Å². The topological polar surface area (TPSA) is 62.2 Å². The first-order valence-electron chi connectivity index (χ1n) is 14.4. The molecule has 7 aliphatic rings. The summed E-state index contributed by atoms with van der Waals surface area (Å²) in [6.07, 6.45) is 9.25. The summed E-state index contributed by atoms with van der Waals surface area (Å²) in [7, 11) is 1.84. The average molecular weight is 522 g/mol. The second-order valence-electron chi connectivity index (χ2n) is 13.3. The van der Waals surface area contributed by atoms with Crippen LogP contribution in [0.5, 0.6) is 11.5 Å². The van der Waals surface area contributed by atoms with Gasteiger partial charge in [0.2, 0.25) is 0 Å². The van der Waals surface area contributed by atoms with Crippen molar-refractivity contribution >= 4 is 11.3 Å². The minimum Gasteiger partial charge on any atom is -0.504 e. The number of aromatic hydroxyl groups is 1. The molecule has 0 amide bonds. The van der Waals surface area contributed by atoms with Gasteiger partial charge in [-0.25, -0.2) is 0 Å². The number of methoxy groups -OCH3 is 1. The minimum absolute atomic E-state index is 0.0155. The molecule has 2 aromatic rings. The zero-order valence-electron chi connectivity index (χ0n) is 22.0. The number of likely N-dealkylation sites (tertiary alicyclic amines) is 1. The van der Waals surface area contributed by atoms with E-state index in [1.807, 2.05) is 13.2 Å². The van der Waals surface area contributed by atoms with Crippen molar-refractivity contribution in [3.8, 4) is 11.5 Å². The number of ether oxygens (including phenoxy) is 2. The highest BCUT2D eigenvalue weighted by Gasteiger charge is 2.81. The Morgan fingerprint density at radius 2 is 2.08 bits per heavy atom. The highest BCUT2D eigenvalue weighted by atomic mass is 32.1. The van der Waals surface area contributed by atoms with Crippen LogP contribution in [0, 0.1) is 17.3 Å². The van der Waals surface area contributed by atoms with Gasteiger partial charge in [0.05, 0.1) is 5.60 Å². The molecule has 2 unspecified atom stereocenters. The van der Waals surface area contributed by atoms with E-state index in [0.29, 0.717) is 11.8 Å². The van der Waals surface area contributed by atoms with Crippen LogP contribution in [0.25, 0.3) is 0 Å². The SMILES string of the molecule is CO[C@]12CC[C@@]3(CC1[C@](C)(O)CCc1cccs1)[C@H]1Cc4ccc(O)c5c4[C@@]3(CCN1CC1CC1)C2O5. The number of benzene rings is 1. The first-order chi connectivity index (χ1) is 17.8. The fraction of sp³-hybridized carbons (Fsp3) is 0.677. The van der Waals surface area contributed by atoms with E-state index in [0.717, 1.165) is 57.4 Å². The molecule has 198 valence electrons. The lowest BCUT2D eigenvalue weighted by molar-refractivity contribution is -0.302. The van der Waals surface area contributed by atoms with Crippen LogP contribution in [0.2, 0.25) is 0 Å². The smallest absolute Gasteiger partial charge is 0.165 e. The predicted octanol–water partition coefficient (Wildman–Crippen LogP) is 5.06. The Kier molecular flexibility index (Phi) is 4.74. The summed E-state index contributed by atoms with van der Waals surface area (Å²) >= 11 is 1.77. The van der Waals surface area contributed by atoms with E-state index in [1.54, 1.807) is 11.3 Å². The van der Waals surface area contributed by atoms with E-state index in [-0.39, 0.29) is 28.6 Å². The third kappa shape index (κ3) is 2.81. The van der Waals surface area contributed by atoms with Gasteiger partial charge in [0.1, 0.15) is 11.7 Å². The number of hydrogen-bond donors (Lipinski definition) is 2. The maximum Gasteiger partial charge on any atom is 0.165 e. The Bertz CT molecular complexity index is 1240. The van der Waals surface area contributed by atoms with Crippen LogP contribution in [0.15, 0.2) is 29.6 Å². The number of nitrogens with zero attached hydrogens (tertiary/aromatic N) is 1. The molecule has 7 atom stereocenters. The second-order valence-corrected chi connectivity index (χ2v) is 14.4. The molecule has 1 aromatic heterocycles. The lowest BCUT2D eigenvalue weighted by Crippen LogP contribution is -2.82. The summed E-state index contributed by atoms with van der Waals surface area (Å²) in [5.74, 6) is 1.82. The highest BCUT2D eigenvalue weighted by Crippen LogP contribution is 2.77. The van der Waals surface area contributed by atoms with Gasteiger partial charge in [0, 0.05) is 46.9 Å². The van der Waals surface area contributed by atoms with Crippen LogP contribution in [0.1, 0.15) is 67.9 Å². The molecule has 5 aliphatic carbocycles. The van der Waals surface area contributed by atoms with Gasteiger partial charge < -0.3 is 19.7 Å². The lowest BCUT2D eigenvalue weighted by atomic mass is 9.33. The summed E-state index contributed by atoms with van der Waals surface area (Å²) in [5, 5.41) is 25.4. The molecule has 37 heavy (non-hydrogen) atoms. The monoisotopic (exact) mass is 521 g/mol. The molecule has 5 nitrogen and oxygen atoms in total. The summed E-state index contributed by atoms with van der Waals surface area (Å²) in [6.45, 7) is 4.36. The quantitative estimate of drug-likeness (QED) is 0.533. The molecule has 4 saturated carbocycles. The fourth-order valence-electron chi connectivity index (χ4n) is 10.1. The number of aryl methyl sites for hydroxylation is 1. The van der Waals surface area contributed by atoms with Crippen LogP contribution in [-0.2, 0) is 23.0 Å². The number of rotatable bonds is 7. The summed E-state index contributed by atoms with van der Waals surface area (Å²) in [6, 6.07) is 8.75. The summed E-state index contributed by atoms with van der Waals surface area (Å²) in [5.41, 5.74) is 1.11. The van der Waals surface area contributed by atoms with Crippen molar-refractivity contribution in [3.05, 3.63) is 45.6 Å². The van der Waals surface area contributed by atoms with E-state index < -0.39 is 11.2 Å². The third-order valence-corrected chi connectivity index (χ3v) is 12.8. The van der Waals surface area contributed by atoms with Crippen LogP contribution >= 0.6 is 11.3 Å². The van der Waals surface area contributed by atoms with Crippen molar-refractivity contribution in [1.29, 1.82) is 0 Å². The van der Waals surface area contributed by atoms with Crippen molar-refractivity contribution in [2.45, 2.75) is 93.5 Å².